The third-order valence-electron chi connectivity index (χ3n) is 3.00. The van der Waals surface area contributed by atoms with Gasteiger partial charge in [-0.3, -0.25) is 4.72 Å². The van der Waals surface area contributed by atoms with E-state index in [0.717, 1.165) is 11.0 Å². The van der Waals surface area contributed by atoms with Crippen molar-refractivity contribution in [3.63, 3.8) is 0 Å². The molecule has 2 aromatic carbocycles. The molecule has 7 heteroatoms. The molecule has 1 N–H and O–H groups in total. The number of esters is 1. The van der Waals surface area contributed by atoms with Crippen LogP contribution in [0.25, 0.3) is 6.08 Å². The summed E-state index contributed by atoms with van der Waals surface area (Å²) in [7, 11) is -3.67. The maximum atomic E-state index is 12.1. The number of rotatable bonds is 8. The Morgan fingerprint density at radius 2 is 1.88 bits per heavy atom. The highest BCUT2D eigenvalue weighted by atomic mass is 32.2. The van der Waals surface area contributed by atoms with Crippen molar-refractivity contribution in [3.05, 3.63) is 65.6 Å². The molecular formula is C18H19NO5S. The number of benzene rings is 2. The minimum atomic E-state index is -3.67. The number of sulfonamides is 1. The molecule has 0 saturated heterocycles. The first kappa shape index (κ1) is 18.5. The SMILES string of the molecule is CCOC(=O)COc1cccc(NS(=O)(=O)/C=C/c2ccccc2)c1. The second-order valence-electron chi connectivity index (χ2n) is 4.98. The van der Waals surface area contributed by atoms with E-state index < -0.39 is 16.0 Å². The molecule has 0 fully saturated rings. The first-order valence-electron chi connectivity index (χ1n) is 7.63. The van der Waals surface area contributed by atoms with Crippen LogP contribution < -0.4 is 9.46 Å². The highest BCUT2D eigenvalue weighted by Crippen LogP contribution is 2.19. The molecule has 0 aromatic heterocycles. The van der Waals surface area contributed by atoms with Crippen molar-refractivity contribution in [3.8, 4) is 5.75 Å². The van der Waals surface area contributed by atoms with E-state index in [-0.39, 0.29) is 13.2 Å². The van der Waals surface area contributed by atoms with E-state index in [2.05, 4.69) is 4.72 Å². The van der Waals surface area contributed by atoms with Crippen molar-refractivity contribution >= 4 is 27.8 Å². The van der Waals surface area contributed by atoms with Crippen LogP contribution in [0.5, 0.6) is 5.75 Å². The van der Waals surface area contributed by atoms with Crippen molar-refractivity contribution in [2.75, 3.05) is 17.9 Å². The maximum absolute atomic E-state index is 12.1. The third kappa shape index (κ3) is 6.68. The average Bonchev–Trinajstić information content (AvgIpc) is 2.59. The fourth-order valence-electron chi connectivity index (χ4n) is 1.92. The van der Waals surface area contributed by atoms with Crippen LogP contribution in [0.1, 0.15) is 12.5 Å². The zero-order valence-corrected chi connectivity index (χ0v) is 14.5. The van der Waals surface area contributed by atoms with Gasteiger partial charge in [-0.25, -0.2) is 13.2 Å². The highest BCUT2D eigenvalue weighted by Gasteiger charge is 2.08. The molecule has 0 unspecified atom stereocenters. The lowest BCUT2D eigenvalue weighted by Crippen LogP contribution is -2.14. The van der Waals surface area contributed by atoms with Crippen LogP contribution in [0.3, 0.4) is 0 Å². The molecule has 2 rings (SSSR count). The maximum Gasteiger partial charge on any atom is 0.344 e. The molecular weight excluding hydrogens is 342 g/mol. The molecule has 132 valence electrons. The van der Waals surface area contributed by atoms with Crippen molar-refractivity contribution in [1.29, 1.82) is 0 Å². The molecule has 0 aliphatic heterocycles. The monoisotopic (exact) mass is 361 g/mol. The number of anilines is 1. The van der Waals surface area contributed by atoms with Gasteiger partial charge in [-0.05, 0) is 30.7 Å². The Labute approximate surface area is 147 Å². The number of hydrogen-bond donors (Lipinski definition) is 1. The van der Waals surface area contributed by atoms with Crippen LogP contribution in [0.2, 0.25) is 0 Å². The fraction of sp³-hybridized carbons (Fsp3) is 0.167. The van der Waals surface area contributed by atoms with E-state index in [1.807, 2.05) is 18.2 Å². The van der Waals surface area contributed by atoms with E-state index >= 15 is 0 Å². The van der Waals surface area contributed by atoms with Gasteiger partial charge in [-0.2, -0.15) is 0 Å². The Balaban J connectivity index is 2.00. The van der Waals surface area contributed by atoms with Crippen molar-refractivity contribution in [2.45, 2.75) is 6.92 Å². The van der Waals surface area contributed by atoms with Gasteiger partial charge in [-0.15, -0.1) is 0 Å². The van der Waals surface area contributed by atoms with Gasteiger partial charge in [0.2, 0.25) is 0 Å². The summed E-state index contributed by atoms with van der Waals surface area (Å²) in [6, 6.07) is 15.4. The summed E-state index contributed by atoms with van der Waals surface area (Å²) in [4.78, 5) is 11.3. The first-order valence-corrected chi connectivity index (χ1v) is 9.17. The molecule has 0 radical (unpaired) electrons. The Morgan fingerprint density at radius 3 is 2.60 bits per heavy atom. The summed E-state index contributed by atoms with van der Waals surface area (Å²) in [5, 5.41) is 1.09. The van der Waals surface area contributed by atoms with Crippen LogP contribution in [0.15, 0.2) is 60.0 Å². The number of nitrogens with one attached hydrogen (secondary N) is 1. The molecule has 0 bridgehead atoms. The molecule has 25 heavy (non-hydrogen) atoms. The second kappa shape index (κ2) is 8.89. The molecule has 0 aliphatic rings. The zero-order chi connectivity index (χ0) is 18.1. The molecule has 6 nitrogen and oxygen atoms in total. The quantitative estimate of drug-likeness (QED) is 0.731. The summed E-state index contributed by atoms with van der Waals surface area (Å²) in [5.74, 6) is -0.125. The lowest BCUT2D eigenvalue weighted by atomic mass is 10.2. The summed E-state index contributed by atoms with van der Waals surface area (Å²) < 4.78 is 36.7. The van der Waals surface area contributed by atoms with Crippen LogP contribution in [-0.2, 0) is 19.6 Å². The molecule has 0 heterocycles. The second-order valence-corrected chi connectivity index (χ2v) is 6.55. The molecule has 0 spiro atoms. The van der Waals surface area contributed by atoms with Crippen LogP contribution in [-0.4, -0.2) is 27.6 Å². The Kier molecular flexibility index (Phi) is 6.59. The van der Waals surface area contributed by atoms with Crippen molar-refractivity contribution in [1.82, 2.24) is 0 Å². The predicted molar refractivity (Wildman–Crippen MR) is 96.6 cm³/mol. The number of hydrogen-bond acceptors (Lipinski definition) is 5. The van der Waals surface area contributed by atoms with E-state index in [1.54, 1.807) is 37.3 Å². The number of carbonyl (C=O) groups is 1. The molecule has 0 saturated carbocycles. The largest absolute Gasteiger partial charge is 0.482 e. The van der Waals surface area contributed by atoms with Gasteiger partial charge in [-0.1, -0.05) is 36.4 Å². The lowest BCUT2D eigenvalue weighted by molar-refractivity contribution is -0.145. The smallest absolute Gasteiger partial charge is 0.344 e. The van der Waals surface area contributed by atoms with E-state index in [4.69, 9.17) is 9.47 Å². The summed E-state index contributed by atoms with van der Waals surface area (Å²) in [5.41, 5.74) is 1.11. The van der Waals surface area contributed by atoms with Crippen LogP contribution in [0.4, 0.5) is 5.69 Å². The zero-order valence-electron chi connectivity index (χ0n) is 13.7. The topological polar surface area (TPSA) is 81.7 Å². The fourth-order valence-corrected chi connectivity index (χ4v) is 2.78. The average molecular weight is 361 g/mol. The minimum absolute atomic E-state index is 0.238. The van der Waals surface area contributed by atoms with E-state index in [1.165, 1.54) is 12.1 Å². The van der Waals surface area contributed by atoms with Crippen LogP contribution in [0, 0.1) is 0 Å². The lowest BCUT2D eigenvalue weighted by Gasteiger charge is -2.08. The molecule has 2 aromatic rings. The van der Waals surface area contributed by atoms with Gasteiger partial charge in [0.15, 0.2) is 6.61 Å². The van der Waals surface area contributed by atoms with Gasteiger partial charge in [0.1, 0.15) is 5.75 Å². The predicted octanol–water partition coefficient (Wildman–Crippen LogP) is 3.04. The standard InChI is InChI=1S/C18H19NO5S/c1-2-23-18(20)14-24-17-10-6-9-16(13-17)19-25(21,22)12-11-15-7-4-3-5-8-15/h3-13,19H,2,14H2,1H3/b12-11+. The van der Waals surface area contributed by atoms with Crippen molar-refractivity contribution in [2.24, 2.45) is 0 Å². The highest BCUT2D eigenvalue weighted by molar-refractivity contribution is 7.95. The first-order chi connectivity index (χ1) is 12.0. The van der Waals surface area contributed by atoms with Gasteiger partial charge < -0.3 is 9.47 Å². The Bertz CT molecular complexity index is 832. The van der Waals surface area contributed by atoms with Crippen LogP contribution >= 0.6 is 0 Å². The summed E-state index contributed by atoms with van der Waals surface area (Å²) in [6.07, 6.45) is 1.50. The summed E-state index contributed by atoms with van der Waals surface area (Å²) in [6.45, 7) is 1.74. The van der Waals surface area contributed by atoms with Gasteiger partial charge in [0, 0.05) is 6.07 Å². The van der Waals surface area contributed by atoms with Gasteiger partial charge >= 0.3 is 5.97 Å². The summed E-state index contributed by atoms with van der Waals surface area (Å²) >= 11 is 0. The van der Waals surface area contributed by atoms with Crippen molar-refractivity contribution < 1.29 is 22.7 Å². The molecule has 0 amide bonds. The van der Waals surface area contributed by atoms with E-state index in [9.17, 15) is 13.2 Å². The Hall–Kier alpha value is -2.80. The number of ether oxygens (including phenoxy) is 2. The van der Waals surface area contributed by atoms with Gasteiger partial charge in [0.05, 0.1) is 17.7 Å². The Morgan fingerprint density at radius 1 is 1.12 bits per heavy atom. The molecule has 0 aliphatic carbocycles. The third-order valence-corrected chi connectivity index (χ3v) is 4.01. The molecule has 0 atom stereocenters. The van der Waals surface area contributed by atoms with Gasteiger partial charge in [0.25, 0.3) is 10.0 Å². The van der Waals surface area contributed by atoms with E-state index in [0.29, 0.717) is 11.4 Å². The minimum Gasteiger partial charge on any atom is -0.482 e. The number of carbonyl (C=O) groups excluding carboxylic acids is 1. The normalized spacial score (nSPS) is 11.2.